The van der Waals surface area contributed by atoms with E-state index in [0.717, 1.165) is 10.0 Å². The molecule has 4 heteroatoms. The minimum Gasteiger partial charge on any atom is -0.454 e. The standard InChI is InChI=1S/C13H11BrClNO/c1-8-2-4-13(11(16)6-8)17-12-5-3-9(14)7-10(12)15/h2-7H,16H2,1H3. The largest absolute Gasteiger partial charge is 0.454 e. The molecule has 0 amide bonds. The Bertz CT molecular complexity index is 508. The van der Waals surface area contributed by atoms with Crippen molar-refractivity contribution in [3.63, 3.8) is 0 Å². The lowest BCUT2D eigenvalue weighted by molar-refractivity contribution is 0.485. The molecule has 2 N–H and O–H groups in total. The van der Waals surface area contributed by atoms with E-state index in [-0.39, 0.29) is 0 Å². The average molecular weight is 313 g/mol. The van der Waals surface area contributed by atoms with Gasteiger partial charge in [0.05, 0.1) is 10.7 Å². The second-order valence-electron chi connectivity index (χ2n) is 3.72. The van der Waals surface area contributed by atoms with Crippen LogP contribution in [-0.2, 0) is 0 Å². The minimum absolute atomic E-state index is 0.541. The quantitative estimate of drug-likeness (QED) is 0.810. The van der Waals surface area contributed by atoms with Crippen LogP contribution in [0.1, 0.15) is 5.56 Å². The smallest absolute Gasteiger partial charge is 0.150 e. The van der Waals surface area contributed by atoms with Crippen LogP contribution in [0.5, 0.6) is 11.5 Å². The maximum atomic E-state index is 6.07. The summed E-state index contributed by atoms with van der Waals surface area (Å²) < 4.78 is 6.58. The zero-order valence-electron chi connectivity index (χ0n) is 9.21. The number of nitrogen functional groups attached to an aromatic ring is 1. The fourth-order valence-electron chi connectivity index (χ4n) is 1.44. The minimum atomic E-state index is 0.541. The Morgan fingerprint density at radius 2 is 1.82 bits per heavy atom. The van der Waals surface area contributed by atoms with E-state index >= 15 is 0 Å². The normalized spacial score (nSPS) is 10.3. The van der Waals surface area contributed by atoms with E-state index in [1.54, 1.807) is 12.1 Å². The van der Waals surface area contributed by atoms with Crippen molar-refractivity contribution < 1.29 is 4.74 Å². The van der Waals surface area contributed by atoms with Gasteiger partial charge in [-0.2, -0.15) is 0 Å². The van der Waals surface area contributed by atoms with Crippen molar-refractivity contribution in [2.75, 3.05) is 5.73 Å². The van der Waals surface area contributed by atoms with Crippen LogP contribution in [0.2, 0.25) is 5.02 Å². The topological polar surface area (TPSA) is 35.2 Å². The highest BCUT2D eigenvalue weighted by atomic mass is 79.9. The summed E-state index contributed by atoms with van der Waals surface area (Å²) in [6.07, 6.45) is 0. The Hall–Kier alpha value is -1.19. The third kappa shape index (κ3) is 2.93. The van der Waals surface area contributed by atoms with E-state index in [1.165, 1.54) is 0 Å². The summed E-state index contributed by atoms with van der Waals surface area (Å²) in [5.74, 6) is 1.20. The molecule has 0 atom stereocenters. The van der Waals surface area contributed by atoms with Crippen molar-refractivity contribution in [3.8, 4) is 11.5 Å². The summed E-state index contributed by atoms with van der Waals surface area (Å²) in [7, 11) is 0. The lowest BCUT2D eigenvalue weighted by Gasteiger charge is -2.10. The fourth-order valence-corrected chi connectivity index (χ4v) is 2.15. The van der Waals surface area contributed by atoms with E-state index in [9.17, 15) is 0 Å². The van der Waals surface area contributed by atoms with Crippen LogP contribution in [0.15, 0.2) is 40.9 Å². The molecule has 0 unspecified atom stereocenters. The molecule has 0 spiro atoms. The Morgan fingerprint density at radius 3 is 2.47 bits per heavy atom. The molecule has 2 aromatic rings. The molecule has 2 nitrogen and oxygen atoms in total. The number of hydrogen-bond donors (Lipinski definition) is 1. The SMILES string of the molecule is Cc1ccc(Oc2ccc(Br)cc2Cl)c(N)c1. The molecule has 0 saturated heterocycles. The molecule has 0 saturated carbocycles. The summed E-state index contributed by atoms with van der Waals surface area (Å²) in [6.45, 7) is 1.98. The maximum Gasteiger partial charge on any atom is 0.150 e. The van der Waals surface area contributed by atoms with Gasteiger partial charge in [-0.1, -0.05) is 33.6 Å². The number of anilines is 1. The molecular weight excluding hydrogens is 302 g/mol. The van der Waals surface area contributed by atoms with Gasteiger partial charge in [-0.15, -0.1) is 0 Å². The van der Waals surface area contributed by atoms with Gasteiger partial charge in [0, 0.05) is 4.47 Å². The number of halogens is 2. The summed E-state index contributed by atoms with van der Waals surface area (Å²) in [6, 6.07) is 11.1. The number of aryl methyl sites for hydroxylation is 1. The number of rotatable bonds is 2. The van der Waals surface area contributed by atoms with Crippen LogP contribution < -0.4 is 10.5 Å². The first-order chi connectivity index (χ1) is 8.06. The molecule has 0 fully saturated rings. The summed E-state index contributed by atoms with van der Waals surface area (Å²) in [5.41, 5.74) is 7.57. The van der Waals surface area contributed by atoms with Crippen molar-refractivity contribution in [1.29, 1.82) is 0 Å². The van der Waals surface area contributed by atoms with Crippen molar-refractivity contribution >= 4 is 33.2 Å². The first kappa shape index (κ1) is 12.3. The lowest BCUT2D eigenvalue weighted by atomic mass is 10.2. The number of hydrogen-bond acceptors (Lipinski definition) is 2. The molecule has 0 aliphatic rings. The zero-order valence-corrected chi connectivity index (χ0v) is 11.5. The molecule has 0 radical (unpaired) electrons. The second-order valence-corrected chi connectivity index (χ2v) is 5.04. The van der Waals surface area contributed by atoms with Crippen LogP contribution in [0.25, 0.3) is 0 Å². The third-order valence-corrected chi connectivity index (χ3v) is 3.07. The summed E-state index contributed by atoms with van der Waals surface area (Å²) >= 11 is 9.41. The monoisotopic (exact) mass is 311 g/mol. The zero-order chi connectivity index (χ0) is 12.4. The highest BCUT2D eigenvalue weighted by Gasteiger charge is 2.06. The Kier molecular flexibility index (Phi) is 3.60. The van der Waals surface area contributed by atoms with Crippen LogP contribution >= 0.6 is 27.5 Å². The number of nitrogens with two attached hydrogens (primary N) is 1. The average Bonchev–Trinajstić information content (AvgIpc) is 2.25. The molecule has 0 aliphatic carbocycles. The van der Waals surface area contributed by atoms with Crippen LogP contribution in [0.4, 0.5) is 5.69 Å². The van der Waals surface area contributed by atoms with Gasteiger partial charge in [0.25, 0.3) is 0 Å². The second kappa shape index (κ2) is 4.98. The highest BCUT2D eigenvalue weighted by molar-refractivity contribution is 9.10. The molecule has 2 aromatic carbocycles. The Labute approximate surface area is 113 Å². The van der Waals surface area contributed by atoms with E-state index < -0.39 is 0 Å². The van der Waals surface area contributed by atoms with Crippen molar-refractivity contribution in [3.05, 3.63) is 51.5 Å². The summed E-state index contributed by atoms with van der Waals surface area (Å²) in [5, 5.41) is 0.541. The lowest BCUT2D eigenvalue weighted by Crippen LogP contribution is -1.93. The Balaban J connectivity index is 2.31. The van der Waals surface area contributed by atoms with Gasteiger partial charge in [-0.05, 0) is 42.8 Å². The molecular formula is C13H11BrClNO. The molecule has 0 aliphatic heterocycles. The number of ether oxygens (including phenoxy) is 1. The van der Waals surface area contributed by atoms with Crippen molar-refractivity contribution in [1.82, 2.24) is 0 Å². The highest BCUT2D eigenvalue weighted by Crippen LogP contribution is 2.34. The van der Waals surface area contributed by atoms with E-state index in [1.807, 2.05) is 31.2 Å². The van der Waals surface area contributed by atoms with Gasteiger partial charge in [-0.25, -0.2) is 0 Å². The molecule has 88 valence electrons. The third-order valence-electron chi connectivity index (χ3n) is 2.28. The van der Waals surface area contributed by atoms with Crippen LogP contribution in [0.3, 0.4) is 0 Å². The summed E-state index contributed by atoms with van der Waals surface area (Å²) in [4.78, 5) is 0. The molecule has 0 bridgehead atoms. The van der Waals surface area contributed by atoms with Gasteiger partial charge in [-0.3, -0.25) is 0 Å². The first-order valence-electron chi connectivity index (χ1n) is 5.05. The molecule has 17 heavy (non-hydrogen) atoms. The van der Waals surface area contributed by atoms with E-state index in [4.69, 9.17) is 22.1 Å². The van der Waals surface area contributed by atoms with Crippen molar-refractivity contribution in [2.45, 2.75) is 6.92 Å². The predicted octanol–water partition coefficient (Wildman–Crippen LogP) is 4.79. The molecule has 0 heterocycles. The van der Waals surface area contributed by atoms with Crippen molar-refractivity contribution in [2.24, 2.45) is 0 Å². The van der Waals surface area contributed by atoms with E-state index in [2.05, 4.69) is 15.9 Å². The molecule has 0 aromatic heterocycles. The van der Waals surface area contributed by atoms with Gasteiger partial charge in [0.1, 0.15) is 11.5 Å². The fraction of sp³-hybridized carbons (Fsp3) is 0.0769. The maximum absolute atomic E-state index is 6.07. The van der Waals surface area contributed by atoms with Crippen LogP contribution in [0, 0.1) is 6.92 Å². The number of benzene rings is 2. The van der Waals surface area contributed by atoms with Gasteiger partial charge in [0.15, 0.2) is 0 Å². The van der Waals surface area contributed by atoms with Gasteiger partial charge < -0.3 is 10.5 Å². The Morgan fingerprint density at radius 1 is 1.12 bits per heavy atom. The van der Waals surface area contributed by atoms with Gasteiger partial charge in [0.2, 0.25) is 0 Å². The molecule has 2 rings (SSSR count). The van der Waals surface area contributed by atoms with Crippen LogP contribution in [-0.4, -0.2) is 0 Å². The predicted molar refractivity (Wildman–Crippen MR) is 74.8 cm³/mol. The van der Waals surface area contributed by atoms with Gasteiger partial charge >= 0.3 is 0 Å². The van der Waals surface area contributed by atoms with E-state index in [0.29, 0.717) is 22.2 Å². The first-order valence-corrected chi connectivity index (χ1v) is 6.22.